The molecule has 0 spiro atoms. The number of nitrogens with one attached hydrogen (secondary N) is 3. The highest BCUT2D eigenvalue weighted by Crippen LogP contribution is 2.17. The summed E-state index contributed by atoms with van der Waals surface area (Å²) in [6.07, 6.45) is 1.48. The Labute approximate surface area is 114 Å². The van der Waals surface area contributed by atoms with Crippen LogP contribution in [0, 0.1) is 6.92 Å². The van der Waals surface area contributed by atoms with Crippen LogP contribution < -0.4 is 16.0 Å². The highest BCUT2D eigenvalue weighted by atomic mass is 16.2. The van der Waals surface area contributed by atoms with Crippen molar-refractivity contribution in [1.29, 1.82) is 0 Å². The normalized spacial score (nSPS) is 11.0. The van der Waals surface area contributed by atoms with Crippen LogP contribution in [-0.4, -0.2) is 34.5 Å². The predicted octanol–water partition coefficient (Wildman–Crippen LogP) is 1.54. The molecule has 0 aliphatic rings. The molecule has 0 radical (unpaired) electrons. The number of nitrogens with zero attached hydrogens (tertiary/aromatic N) is 2. The molecule has 0 saturated carbocycles. The summed E-state index contributed by atoms with van der Waals surface area (Å²) in [6.45, 7) is 10.8. The maximum absolute atomic E-state index is 11.7. The van der Waals surface area contributed by atoms with E-state index in [0.717, 1.165) is 17.9 Å². The molecule has 6 heteroatoms. The highest BCUT2D eigenvalue weighted by Gasteiger charge is 2.14. The number of amides is 1. The molecule has 0 bridgehead atoms. The number of hydrogen-bond donors (Lipinski definition) is 3. The predicted molar refractivity (Wildman–Crippen MR) is 77.3 cm³/mol. The maximum Gasteiger partial charge on any atom is 0.239 e. The molecule has 19 heavy (non-hydrogen) atoms. The summed E-state index contributed by atoms with van der Waals surface area (Å²) in [6, 6.07) is 0. The lowest BCUT2D eigenvalue weighted by Crippen LogP contribution is -2.43. The monoisotopic (exact) mass is 265 g/mol. The molecule has 0 saturated heterocycles. The van der Waals surface area contributed by atoms with Gasteiger partial charge in [0.05, 0.1) is 6.54 Å². The quantitative estimate of drug-likeness (QED) is 0.752. The van der Waals surface area contributed by atoms with Gasteiger partial charge in [-0.3, -0.25) is 4.79 Å². The average molecular weight is 265 g/mol. The van der Waals surface area contributed by atoms with Crippen molar-refractivity contribution in [2.75, 3.05) is 23.7 Å². The summed E-state index contributed by atoms with van der Waals surface area (Å²) in [5, 5.41) is 9.07. The fraction of sp³-hybridized carbons (Fsp3) is 0.615. The molecule has 6 nitrogen and oxygen atoms in total. The number of aromatic nitrogens is 2. The van der Waals surface area contributed by atoms with E-state index >= 15 is 0 Å². The lowest BCUT2D eigenvalue weighted by Gasteiger charge is -2.21. The van der Waals surface area contributed by atoms with Crippen molar-refractivity contribution in [2.45, 2.75) is 40.2 Å². The second-order valence-electron chi connectivity index (χ2n) is 5.38. The number of carbonyl (C=O) groups excluding carboxylic acids is 1. The smallest absolute Gasteiger partial charge is 0.239 e. The largest absolute Gasteiger partial charge is 0.370 e. The van der Waals surface area contributed by atoms with Crippen LogP contribution in [0.4, 0.5) is 11.6 Å². The Hall–Kier alpha value is -1.85. The molecule has 1 amide bonds. The standard InChI is InChI=1S/C13H23N5O/c1-6-14-11-9(2)12(17-8-16-11)15-7-10(19)18-13(3,4)5/h8H,6-7H2,1-5H3,(H,18,19)(H2,14,15,16,17). The summed E-state index contributed by atoms with van der Waals surface area (Å²) in [5.74, 6) is 1.40. The molecule has 106 valence electrons. The maximum atomic E-state index is 11.7. The van der Waals surface area contributed by atoms with Gasteiger partial charge in [-0.25, -0.2) is 9.97 Å². The fourth-order valence-corrected chi connectivity index (χ4v) is 1.60. The minimum atomic E-state index is -0.228. The van der Waals surface area contributed by atoms with Crippen LogP contribution in [0.3, 0.4) is 0 Å². The summed E-state index contributed by atoms with van der Waals surface area (Å²) in [7, 11) is 0. The zero-order chi connectivity index (χ0) is 14.5. The van der Waals surface area contributed by atoms with Crippen LogP contribution in [0.2, 0.25) is 0 Å². The van der Waals surface area contributed by atoms with E-state index in [4.69, 9.17) is 0 Å². The van der Waals surface area contributed by atoms with Gasteiger partial charge in [0.15, 0.2) is 0 Å². The topological polar surface area (TPSA) is 78.9 Å². The third-order valence-corrected chi connectivity index (χ3v) is 2.36. The molecule has 3 N–H and O–H groups in total. The van der Waals surface area contributed by atoms with Gasteiger partial charge in [-0.15, -0.1) is 0 Å². The van der Waals surface area contributed by atoms with E-state index in [9.17, 15) is 4.79 Å². The molecule has 0 aromatic carbocycles. The van der Waals surface area contributed by atoms with Gasteiger partial charge in [-0.05, 0) is 34.6 Å². The van der Waals surface area contributed by atoms with Crippen molar-refractivity contribution in [3.63, 3.8) is 0 Å². The first-order chi connectivity index (χ1) is 8.83. The number of rotatable bonds is 5. The second kappa shape index (κ2) is 6.36. The molecule has 0 atom stereocenters. The third-order valence-electron chi connectivity index (χ3n) is 2.36. The first kappa shape index (κ1) is 15.2. The van der Waals surface area contributed by atoms with Crippen molar-refractivity contribution >= 4 is 17.5 Å². The van der Waals surface area contributed by atoms with Crippen LogP contribution in [0.25, 0.3) is 0 Å². The van der Waals surface area contributed by atoms with Crippen LogP contribution in [0.15, 0.2) is 6.33 Å². The van der Waals surface area contributed by atoms with Gasteiger partial charge in [0.25, 0.3) is 0 Å². The van der Waals surface area contributed by atoms with Crippen molar-refractivity contribution in [3.8, 4) is 0 Å². The van der Waals surface area contributed by atoms with Gasteiger partial charge < -0.3 is 16.0 Å². The van der Waals surface area contributed by atoms with Crippen molar-refractivity contribution in [2.24, 2.45) is 0 Å². The molecular formula is C13H23N5O. The number of anilines is 2. The van der Waals surface area contributed by atoms with Gasteiger partial charge in [0.1, 0.15) is 18.0 Å². The van der Waals surface area contributed by atoms with Crippen LogP contribution in [0.5, 0.6) is 0 Å². The van der Waals surface area contributed by atoms with Crippen LogP contribution in [-0.2, 0) is 4.79 Å². The van der Waals surface area contributed by atoms with E-state index in [1.807, 2.05) is 34.6 Å². The molecule has 0 aliphatic heterocycles. The molecule has 0 unspecified atom stereocenters. The van der Waals surface area contributed by atoms with Crippen LogP contribution >= 0.6 is 0 Å². The zero-order valence-corrected chi connectivity index (χ0v) is 12.3. The van der Waals surface area contributed by atoms with E-state index in [1.54, 1.807) is 0 Å². The Kier molecular flexibility index (Phi) is 5.09. The van der Waals surface area contributed by atoms with Gasteiger partial charge in [0, 0.05) is 17.6 Å². The first-order valence-corrected chi connectivity index (χ1v) is 6.44. The minimum Gasteiger partial charge on any atom is -0.370 e. The Morgan fingerprint density at radius 3 is 2.32 bits per heavy atom. The number of carbonyl (C=O) groups is 1. The van der Waals surface area contributed by atoms with E-state index < -0.39 is 0 Å². The van der Waals surface area contributed by atoms with Gasteiger partial charge in [0.2, 0.25) is 5.91 Å². The molecular weight excluding hydrogens is 242 g/mol. The summed E-state index contributed by atoms with van der Waals surface area (Å²) in [4.78, 5) is 20.0. The Morgan fingerprint density at radius 1 is 1.21 bits per heavy atom. The second-order valence-corrected chi connectivity index (χ2v) is 5.38. The van der Waals surface area contributed by atoms with Crippen LogP contribution in [0.1, 0.15) is 33.3 Å². The molecule has 1 heterocycles. The van der Waals surface area contributed by atoms with Crippen molar-refractivity contribution < 1.29 is 4.79 Å². The third kappa shape index (κ3) is 5.11. The first-order valence-electron chi connectivity index (χ1n) is 6.44. The molecule has 0 fully saturated rings. The molecule has 0 aliphatic carbocycles. The van der Waals surface area contributed by atoms with E-state index in [1.165, 1.54) is 6.33 Å². The summed E-state index contributed by atoms with van der Waals surface area (Å²) in [5.41, 5.74) is 0.682. The van der Waals surface area contributed by atoms with Crippen molar-refractivity contribution in [3.05, 3.63) is 11.9 Å². The Morgan fingerprint density at radius 2 is 1.79 bits per heavy atom. The Balaban J connectivity index is 2.63. The van der Waals surface area contributed by atoms with E-state index in [0.29, 0.717) is 5.82 Å². The molecule has 1 rings (SSSR count). The highest BCUT2D eigenvalue weighted by molar-refractivity contribution is 5.81. The van der Waals surface area contributed by atoms with E-state index in [2.05, 4.69) is 25.9 Å². The zero-order valence-electron chi connectivity index (χ0n) is 12.3. The van der Waals surface area contributed by atoms with Gasteiger partial charge >= 0.3 is 0 Å². The SMILES string of the molecule is CCNc1ncnc(NCC(=O)NC(C)(C)C)c1C. The fourth-order valence-electron chi connectivity index (χ4n) is 1.60. The van der Waals surface area contributed by atoms with Crippen molar-refractivity contribution in [1.82, 2.24) is 15.3 Å². The van der Waals surface area contributed by atoms with E-state index in [-0.39, 0.29) is 18.0 Å². The molecule has 1 aromatic heterocycles. The minimum absolute atomic E-state index is 0.0597. The average Bonchev–Trinajstić information content (AvgIpc) is 2.28. The van der Waals surface area contributed by atoms with Gasteiger partial charge in [-0.1, -0.05) is 0 Å². The lowest BCUT2D eigenvalue weighted by atomic mass is 10.1. The Bertz CT molecular complexity index is 439. The lowest BCUT2D eigenvalue weighted by molar-refractivity contribution is -0.120. The van der Waals surface area contributed by atoms with Gasteiger partial charge in [-0.2, -0.15) is 0 Å². The molecule has 1 aromatic rings. The summed E-state index contributed by atoms with van der Waals surface area (Å²) < 4.78 is 0. The number of hydrogen-bond acceptors (Lipinski definition) is 5. The summed E-state index contributed by atoms with van der Waals surface area (Å²) >= 11 is 0.